The Morgan fingerprint density at radius 3 is 2.53 bits per heavy atom. The van der Waals surface area contributed by atoms with Crippen LogP contribution in [0.2, 0.25) is 0 Å². The zero-order valence-corrected chi connectivity index (χ0v) is 19.4. The topological polar surface area (TPSA) is 71.3 Å². The summed E-state index contributed by atoms with van der Waals surface area (Å²) in [6, 6.07) is 14.3. The number of aromatic nitrogens is 2. The third-order valence-electron chi connectivity index (χ3n) is 6.27. The number of amides is 1. The number of carbonyl (C=O) groups is 1. The number of benzene rings is 2. The summed E-state index contributed by atoms with van der Waals surface area (Å²) >= 11 is 0. The smallest absolute Gasteiger partial charge is 0.241 e. The second-order valence-corrected chi connectivity index (χ2v) is 9.11. The molecule has 0 atom stereocenters. The number of likely N-dealkylation sites (tertiary alicyclic amines) is 1. The van der Waals surface area contributed by atoms with E-state index >= 15 is 0 Å². The highest BCUT2D eigenvalue weighted by atomic mass is 16.5. The van der Waals surface area contributed by atoms with Crippen molar-refractivity contribution in [2.75, 3.05) is 18.4 Å². The maximum atomic E-state index is 13.0. The molecule has 1 amide bonds. The van der Waals surface area contributed by atoms with Gasteiger partial charge in [0.15, 0.2) is 0 Å². The van der Waals surface area contributed by atoms with Crippen molar-refractivity contribution in [3.05, 3.63) is 65.0 Å². The minimum atomic E-state index is 0.0247. The third kappa shape index (κ3) is 5.07. The Balaban J connectivity index is 1.32. The van der Waals surface area contributed by atoms with Gasteiger partial charge in [-0.05, 0) is 56.8 Å². The van der Waals surface area contributed by atoms with Gasteiger partial charge in [0.05, 0.1) is 6.54 Å². The van der Waals surface area contributed by atoms with Gasteiger partial charge >= 0.3 is 0 Å². The number of anilines is 1. The zero-order valence-electron chi connectivity index (χ0n) is 19.4. The number of piperidine rings is 1. The maximum Gasteiger partial charge on any atom is 0.241 e. The number of rotatable bonds is 6. The molecule has 0 aliphatic carbocycles. The highest BCUT2D eigenvalue weighted by Gasteiger charge is 2.27. The molecule has 1 saturated heterocycles. The fourth-order valence-corrected chi connectivity index (χ4v) is 4.25. The van der Waals surface area contributed by atoms with E-state index in [0.29, 0.717) is 24.2 Å². The van der Waals surface area contributed by atoms with Gasteiger partial charge in [0.1, 0.15) is 0 Å². The Bertz CT molecular complexity index is 1060. The fraction of sp³-hybridized carbons (Fsp3) is 0.423. The standard InChI is InChI=1S/C26H32N4O2/c1-17(2)22-7-5-6-19(4)24(22)28-26(31)21-12-14-30(15-13-21)16-23-27-25(29-32-23)20-10-8-18(3)9-11-20/h5-11,17,21H,12-16H2,1-4H3,(H,28,31). The Morgan fingerprint density at radius 1 is 1.12 bits per heavy atom. The molecule has 0 spiro atoms. The van der Waals surface area contributed by atoms with Crippen LogP contribution in [0.15, 0.2) is 47.0 Å². The third-order valence-corrected chi connectivity index (χ3v) is 6.27. The number of aryl methyl sites for hydroxylation is 2. The van der Waals surface area contributed by atoms with Crippen molar-refractivity contribution in [2.24, 2.45) is 5.92 Å². The SMILES string of the molecule is Cc1ccc(-c2noc(CN3CCC(C(=O)Nc4c(C)cccc4C(C)C)CC3)n2)cc1. The second kappa shape index (κ2) is 9.65. The Labute approximate surface area is 190 Å². The minimum Gasteiger partial charge on any atom is -0.338 e. The van der Waals surface area contributed by atoms with Crippen LogP contribution in [0, 0.1) is 19.8 Å². The van der Waals surface area contributed by atoms with Gasteiger partial charge in [-0.25, -0.2) is 0 Å². The molecule has 1 N–H and O–H groups in total. The number of para-hydroxylation sites is 1. The molecule has 2 aromatic carbocycles. The highest BCUT2D eigenvalue weighted by molar-refractivity contribution is 5.94. The molecule has 168 valence electrons. The summed E-state index contributed by atoms with van der Waals surface area (Å²) < 4.78 is 5.47. The van der Waals surface area contributed by atoms with Crippen molar-refractivity contribution in [1.82, 2.24) is 15.0 Å². The second-order valence-electron chi connectivity index (χ2n) is 9.11. The van der Waals surface area contributed by atoms with Crippen molar-refractivity contribution in [1.29, 1.82) is 0 Å². The van der Waals surface area contributed by atoms with Gasteiger partial charge in [0, 0.05) is 17.2 Å². The van der Waals surface area contributed by atoms with Crippen molar-refractivity contribution in [3.63, 3.8) is 0 Å². The Kier molecular flexibility index (Phi) is 6.70. The summed E-state index contributed by atoms with van der Waals surface area (Å²) in [5, 5.41) is 7.35. The first-order valence-corrected chi connectivity index (χ1v) is 11.4. The predicted molar refractivity (Wildman–Crippen MR) is 126 cm³/mol. The molecule has 2 heterocycles. The molecule has 1 aromatic heterocycles. The average Bonchev–Trinajstić information content (AvgIpc) is 3.24. The summed E-state index contributed by atoms with van der Waals surface area (Å²) in [7, 11) is 0. The molecule has 0 unspecified atom stereocenters. The number of nitrogens with one attached hydrogen (secondary N) is 1. The molecule has 6 heteroatoms. The summed E-state index contributed by atoms with van der Waals surface area (Å²) in [5.74, 6) is 1.75. The van der Waals surface area contributed by atoms with Gasteiger partial charge in [0.2, 0.25) is 17.6 Å². The molecule has 0 bridgehead atoms. The lowest BCUT2D eigenvalue weighted by molar-refractivity contribution is -0.121. The molecule has 4 rings (SSSR count). The predicted octanol–water partition coefficient (Wildman–Crippen LogP) is 5.33. The van der Waals surface area contributed by atoms with E-state index in [1.807, 2.05) is 24.3 Å². The summed E-state index contributed by atoms with van der Waals surface area (Å²) in [5.41, 5.74) is 5.44. The lowest BCUT2D eigenvalue weighted by atomic mass is 9.94. The van der Waals surface area contributed by atoms with E-state index in [1.165, 1.54) is 11.1 Å². The lowest BCUT2D eigenvalue weighted by Gasteiger charge is -2.30. The van der Waals surface area contributed by atoms with Crippen molar-refractivity contribution in [3.8, 4) is 11.4 Å². The van der Waals surface area contributed by atoms with Crippen LogP contribution in [-0.2, 0) is 11.3 Å². The van der Waals surface area contributed by atoms with E-state index in [1.54, 1.807) is 0 Å². The van der Waals surface area contributed by atoms with Crippen LogP contribution in [0.1, 0.15) is 55.2 Å². The van der Waals surface area contributed by atoms with Crippen molar-refractivity contribution < 1.29 is 9.32 Å². The van der Waals surface area contributed by atoms with E-state index in [4.69, 9.17) is 4.52 Å². The Morgan fingerprint density at radius 2 is 1.84 bits per heavy atom. The van der Waals surface area contributed by atoms with Crippen LogP contribution in [-0.4, -0.2) is 34.0 Å². The molecular weight excluding hydrogens is 400 g/mol. The zero-order chi connectivity index (χ0) is 22.7. The van der Waals surface area contributed by atoms with Crippen LogP contribution in [0.3, 0.4) is 0 Å². The van der Waals surface area contributed by atoms with Crippen molar-refractivity contribution >= 4 is 11.6 Å². The van der Waals surface area contributed by atoms with Gasteiger partial charge < -0.3 is 9.84 Å². The molecule has 0 radical (unpaired) electrons. The first kappa shape index (κ1) is 22.2. The molecule has 1 aliphatic heterocycles. The lowest BCUT2D eigenvalue weighted by Crippen LogP contribution is -2.38. The van der Waals surface area contributed by atoms with Gasteiger partial charge in [-0.1, -0.05) is 67.0 Å². The first-order chi connectivity index (χ1) is 15.4. The van der Waals surface area contributed by atoms with Gasteiger partial charge in [-0.2, -0.15) is 4.98 Å². The normalized spacial score (nSPS) is 15.3. The van der Waals surface area contributed by atoms with Gasteiger partial charge in [-0.3, -0.25) is 9.69 Å². The monoisotopic (exact) mass is 432 g/mol. The molecular formula is C26H32N4O2. The van der Waals surface area contributed by atoms with Crippen LogP contribution in [0.4, 0.5) is 5.69 Å². The molecule has 1 fully saturated rings. The van der Waals surface area contributed by atoms with Gasteiger partial charge in [0.25, 0.3) is 0 Å². The van der Waals surface area contributed by atoms with E-state index < -0.39 is 0 Å². The molecule has 0 saturated carbocycles. The first-order valence-electron chi connectivity index (χ1n) is 11.4. The Hall–Kier alpha value is -2.99. The largest absolute Gasteiger partial charge is 0.338 e. The molecule has 6 nitrogen and oxygen atoms in total. The van der Waals surface area contributed by atoms with Crippen molar-refractivity contribution in [2.45, 2.75) is 53.0 Å². The molecule has 3 aromatic rings. The summed E-state index contributed by atoms with van der Waals surface area (Å²) in [4.78, 5) is 19.8. The summed E-state index contributed by atoms with van der Waals surface area (Å²) in [6.07, 6.45) is 1.65. The van der Waals surface area contributed by atoms with E-state index in [2.05, 4.69) is 66.3 Å². The fourth-order valence-electron chi connectivity index (χ4n) is 4.25. The van der Waals surface area contributed by atoms with Crippen LogP contribution < -0.4 is 5.32 Å². The van der Waals surface area contributed by atoms with Crippen LogP contribution in [0.5, 0.6) is 0 Å². The van der Waals surface area contributed by atoms with E-state index in [0.717, 1.165) is 42.7 Å². The van der Waals surface area contributed by atoms with Crippen LogP contribution in [0.25, 0.3) is 11.4 Å². The number of hydrogen-bond donors (Lipinski definition) is 1. The molecule has 1 aliphatic rings. The number of nitrogens with zero attached hydrogens (tertiary/aromatic N) is 3. The van der Waals surface area contributed by atoms with E-state index in [-0.39, 0.29) is 11.8 Å². The maximum absolute atomic E-state index is 13.0. The number of carbonyl (C=O) groups excluding carboxylic acids is 1. The highest BCUT2D eigenvalue weighted by Crippen LogP contribution is 2.29. The minimum absolute atomic E-state index is 0.0247. The molecule has 32 heavy (non-hydrogen) atoms. The quantitative estimate of drug-likeness (QED) is 0.570. The van der Waals surface area contributed by atoms with Crippen LogP contribution >= 0.6 is 0 Å². The number of hydrogen-bond acceptors (Lipinski definition) is 5. The van der Waals surface area contributed by atoms with E-state index in [9.17, 15) is 4.79 Å². The summed E-state index contributed by atoms with van der Waals surface area (Å²) in [6.45, 7) is 10.7. The van der Waals surface area contributed by atoms with Gasteiger partial charge in [-0.15, -0.1) is 0 Å². The average molecular weight is 433 g/mol.